The van der Waals surface area contributed by atoms with Crippen LogP contribution in [0.3, 0.4) is 0 Å². The van der Waals surface area contributed by atoms with Gasteiger partial charge in [0.15, 0.2) is 6.29 Å². The molecule has 0 bridgehead atoms. The first-order valence-corrected chi connectivity index (χ1v) is 7.00. The number of benzene rings is 1. The molecule has 0 fully saturated rings. The van der Waals surface area contributed by atoms with Crippen LogP contribution in [-0.2, 0) is 20.7 Å². The molecule has 0 aliphatic heterocycles. The Morgan fingerprint density at radius 1 is 1.25 bits per heavy atom. The first-order valence-electron chi connectivity index (χ1n) is 7.00. The molecule has 1 amide bonds. The Morgan fingerprint density at radius 2 is 1.90 bits per heavy atom. The second kappa shape index (κ2) is 9.34. The van der Waals surface area contributed by atoms with Crippen molar-refractivity contribution < 1.29 is 14.3 Å². The van der Waals surface area contributed by atoms with Crippen molar-refractivity contribution in [3.8, 4) is 0 Å². The fraction of sp³-hybridized carbons (Fsp3) is 0.533. The zero-order valence-electron chi connectivity index (χ0n) is 12.2. The topological polar surface area (TPSA) is 73.6 Å². The van der Waals surface area contributed by atoms with E-state index in [1.807, 2.05) is 38.1 Å². The van der Waals surface area contributed by atoms with E-state index in [-0.39, 0.29) is 12.2 Å². The van der Waals surface area contributed by atoms with Crippen molar-refractivity contribution in [2.75, 3.05) is 25.5 Å². The van der Waals surface area contributed by atoms with Crippen LogP contribution in [0.4, 0.5) is 5.69 Å². The molecule has 0 heterocycles. The minimum Gasteiger partial charge on any atom is -0.399 e. The van der Waals surface area contributed by atoms with Crippen LogP contribution < -0.4 is 11.1 Å². The van der Waals surface area contributed by atoms with Crippen molar-refractivity contribution in [3.05, 3.63) is 29.8 Å². The van der Waals surface area contributed by atoms with Crippen molar-refractivity contribution in [1.82, 2.24) is 5.32 Å². The Balaban J connectivity index is 2.31. The number of carbonyl (C=O) groups is 1. The number of rotatable bonds is 9. The molecule has 0 aromatic heterocycles. The lowest BCUT2D eigenvalue weighted by atomic mass is 10.1. The van der Waals surface area contributed by atoms with E-state index in [2.05, 4.69) is 5.32 Å². The molecule has 0 spiro atoms. The number of nitrogens with one attached hydrogen (secondary N) is 1. The van der Waals surface area contributed by atoms with Crippen molar-refractivity contribution in [2.45, 2.75) is 33.0 Å². The summed E-state index contributed by atoms with van der Waals surface area (Å²) in [5.41, 5.74) is 7.55. The summed E-state index contributed by atoms with van der Waals surface area (Å²) < 4.78 is 10.7. The highest BCUT2D eigenvalue weighted by Crippen LogP contribution is 2.12. The van der Waals surface area contributed by atoms with E-state index in [1.165, 1.54) is 0 Å². The first kappa shape index (κ1) is 16.5. The van der Waals surface area contributed by atoms with Gasteiger partial charge in [-0.2, -0.15) is 0 Å². The molecule has 1 aromatic rings. The highest BCUT2D eigenvalue weighted by molar-refractivity contribution is 5.76. The van der Waals surface area contributed by atoms with Crippen LogP contribution in [0.1, 0.15) is 25.8 Å². The monoisotopic (exact) mass is 280 g/mol. The van der Waals surface area contributed by atoms with E-state index in [0.717, 1.165) is 11.3 Å². The Kier molecular flexibility index (Phi) is 7.69. The highest BCUT2D eigenvalue weighted by Gasteiger charge is 2.10. The molecule has 0 aliphatic rings. The van der Waals surface area contributed by atoms with Crippen LogP contribution in [0.5, 0.6) is 0 Å². The van der Waals surface area contributed by atoms with Crippen LogP contribution in [0, 0.1) is 0 Å². The zero-order valence-corrected chi connectivity index (χ0v) is 12.2. The molecule has 0 unspecified atom stereocenters. The second-order valence-corrected chi connectivity index (χ2v) is 4.34. The highest BCUT2D eigenvalue weighted by atomic mass is 16.7. The molecule has 1 aromatic carbocycles. The molecule has 0 saturated heterocycles. The minimum absolute atomic E-state index is 0.0299. The van der Waals surface area contributed by atoms with E-state index in [1.54, 1.807) is 0 Å². The minimum atomic E-state index is -0.379. The molecule has 0 aliphatic carbocycles. The molecule has 3 N–H and O–H groups in total. The van der Waals surface area contributed by atoms with E-state index in [4.69, 9.17) is 15.2 Å². The van der Waals surface area contributed by atoms with Gasteiger partial charge < -0.3 is 20.5 Å². The van der Waals surface area contributed by atoms with Crippen LogP contribution in [-0.4, -0.2) is 32.0 Å². The maximum atomic E-state index is 11.8. The summed E-state index contributed by atoms with van der Waals surface area (Å²) in [4.78, 5) is 11.8. The van der Waals surface area contributed by atoms with Gasteiger partial charge in [0.25, 0.3) is 0 Å². The third kappa shape index (κ3) is 6.04. The molecule has 1 rings (SSSR count). The maximum Gasteiger partial charge on any atom is 0.220 e. The van der Waals surface area contributed by atoms with Crippen molar-refractivity contribution >= 4 is 11.6 Å². The summed E-state index contributed by atoms with van der Waals surface area (Å²) in [5, 5.41) is 2.81. The molecular weight excluding hydrogens is 256 g/mol. The maximum absolute atomic E-state index is 11.8. The standard InChI is InChI=1S/C15H24N2O3/c1-3-19-15(20-4-2)11-17-14(18)10-9-12-7-5-6-8-13(12)16/h5-8,15H,3-4,9-11,16H2,1-2H3,(H,17,18). The molecule has 5 heteroatoms. The lowest BCUT2D eigenvalue weighted by Crippen LogP contribution is -2.35. The van der Waals surface area contributed by atoms with Crippen LogP contribution >= 0.6 is 0 Å². The molecule has 5 nitrogen and oxygen atoms in total. The average molecular weight is 280 g/mol. The van der Waals surface area contributed by atoms with Crippen LogP contribution in [0.2, 0.25) is 0 Å². The van der Waals surface area contributed by atoms with E-state index < -0.39 is 0 Å². The van der Waals surface area contributed by atoms with E-state index in [0.29, 0.717) is 32.6 Å². The number of ether oxygens (including phenoxy) is 2. The van der Waals surface area contributed by atoms with Gasteiger partial charge in [-0.25, -0.2) is 0 Å². The van der Waals surface area contributed by atoms with Gasteiger partial charge in [-0.15, -0.1) is 0 Å². The number of anilines is 1. The Hall–Kier alpha value is -1.59. The molecule has 0 atom stereocenters. The van der Waals surface area contributed by atoms with Gasteiger partial charge in [-0.3, -0.25) is 4.79 Å². The molecule has 112 valence electrons. The van der Waals surface area contributed by atoms with Crippen molar-refractivity contribution in [2.24, 2.45) is 0 Å². The normalized spacial score (nSPS) is 10.8. The average Bonchev–Trinajstić information content (AvgIpc) is 2.44. The number of carbonyl (C=O) groups excluding carboxylic acids is 1. The van der Waals surface area contributed by atoms with E-state index >= 15 is 0 Å². The van der Waals surface area contributed by atoms with Gasteiger partial charge >= 0.3 is 0 Å². The molecule has 0 radical (unpaired) electrons. The number of para-hydroxylation sites is 1. The predicted molar refractivity (Wildman–Crippen MR) is 79.2 cm³/mol. The second-order valence-electron chi connectivity index (χ2n) is 4.34. The smallest absolute Gasteiger partial charge is 0.220 e. The van der Waals surface area contributed by atoms with Gasteiger partial charge in [0.2, 0.25) is 5.91 Å². The quantitative estimate of drug-likeness (QED) is 0.533. The molecular formula is C15H24N2O3. The Bertz CT molecular complexity index is 404. The van der Waals surface area contributed by atoms with Crippen LogP contribution in [0.15, 0.2) is 24.3 Å². The summed E-state index contributed by atoms with van der Waals surface area (Å²) in [5.74, 6) is -0.0299. The van der Waals surface area contributed by atoms with Gasteiger partial charge in [-0.1, -0.05) is 18.2 Å². The fourth-order valence-corrected chi connectivity index (χ4v) is 1.83. The van der Waals surface area contributed by atoms with Gasteiger partial charge in [0.1, 0.15) is 0 Å². The van der Waals surface area contributed by atoms with Crippen LogP contribution in [0.25, 0.3) is 0 Å². The largest absolute Gasteiger partial charge is 0.399 e. The van der Waals surface area contributed by atoms with Gasteiger partial charge in [0.05, 0.1) is 6.54 Å². The lowest BCUT2D eigenvalue weighted by Gasteiger charge is -2.17. The predicted octanol–water partition coefficient (Wildman–Crippen LogP) is 1.72. The summed E-state index contributed by atoms with van der Waals surface area (Å²) in [6, 6.07) is 7.58. The molecule has 20 heavy (non-hydrogen) atoms. The number of hydrogen-bond acceptors (Lipinski definition) is 4. The summed E-state index contributed by atoms with van der Waals surface area (Å²) in [6.07, 6.45) is 0.654. The number of nitrogens with two attached hydrogens (primary N) is 1. The third-order valence-electron chi connectivity index (χ3n) is 2.85. The summed E-state index contributed by atoms with van der Waals surface area (Å²) in [7, 11) is 0. The van der Waals surface area contributed by atoms with Crippen molar-refractivity contribution in [1.29, 1.82) is 0 Å². The fourth-order valence-electron chi connectivity index (χ4n) is 1.83. The molecule has 0 saturated carbocycles. The Morgan fingerprint density at radius 3 is 2.50 bits per heavy atom. The van der Waals surface area contributed by atoms with Gasteiger partial charge in [0, 0.05) is 25.3 Å². The number of hydrogen-bond donors (Lipinski definition) is 2. The third-order valence-corrected chi connectivity index (χ3v) is 2.85. The Labute approximate surface area is 120 Å². The number of amides is 1. The summed E-state index contributed by atoms with van der Waals surface area (Å²) in [6.45, 7) is 5.27. The van der Waals surface area contributed by atoms with E-state index in [9.17, 15) is 4.79 Å². The van der Waals surface area contributed by atoms with Crippen molar-refractivity contribution in [3.63, 3.8) is 0 Å². The number of nitrogen functional groups attached to an aromatic ring is 1. The number of aryl methyl sites for hydroxylation is 1. The van der Waals surface area contributed by atoms with Gasteiger partial charge in [-0.05, 0) is 31.9 Å². The first-order chi connectivity index (χ1) is 9.67. The summed E-state index contributed by atoms with van der Waals surface area (Å²) >= 11 is 0. The zero-order chi connectivity index (χ0) is 14.8. The lowest BCUT2D eigenvalue weighted by molar-refractivity contribution is -0.140. The SMILES string of the molecule is CCOC(CNC(=O)CCc1ccccc1N)OCC.